The van der Waals surface area contributed by atoms with Gasteiger partial charge in [-0.3, -0.25) is 4.79 Å². The van der Waals surface area contributed by atoms with E-state index in [9.17, 15) is 4.79 Å². The van der Waals surface area contributed by atoms with Crippen LogP contribution in [0.4, 0.5) is 0 Å². The van der Waals surface area contributed by atoms with E-state index in [1.54, 1.807) is 0 Å². The Hall–Kier alpha value is -0.530. The van der Waals surface area contributed by atoms with Crippen molar-refractivity contribution in [3.05, 3.63) is 0 Å². The zero-order chi connectivity index (χ0) is 25.5. The lowest BCUT2D eigenvalue weighted by atomic mass is 9.49. The average molecular weight is 503 g/mol. The minimum atomic E-state index is -0.184. The van der Waals surface area contributed by atoms with Gasteiger partial charge in [0, 0.05) is 0 Å². The van der Waals surface area contributed by atoms with E-state index < -0.39 is 0 Å². The molecule has 3 aliphatic rings. The van der Waals surface area contributed by atoms with E-state index in [-0.39, 0.29) is 16.8 Å². The van der Waals surface area contributed by atoms with Crippen molar-refractivity contribution in [3.63, 3.8) is 0 Å². The Kier molecular flexibility index (Phi) is 13.7. The third kappa shape index (κ3) is 8.23. The van der Waals surface area contributed by atoms with Crippen molar-refractivity contribution in [2.24, 2.45) is 22.7 Å². The van der Waals surface area contributed by atoms with Crippen molar-refractivity contribution in [3.8, 4) is 0 Å². The summed E-state index contributed by atoms with van der Waals surface area (Å²) in [5.74, 6) is 2.13. The Morgan fingerprint density at radius 2 is 1.14 bits per heavy atom. The van der Waals surface area contributed by atoms with Crippen LogP contribution in [0.15, 0.2) is 0 Å². The number of unbranched alkanes of at least 4 members (excludes halogenated alkanes) is 9. The van der Waals surface area contributed by atoms with Crippen LogP contribution in [0.2, 0.25) is 0 Å². The van der Waals surface area contributed by atoms with Crippen molar-refractivity contribution < 1.29 is 9.53 Å². The first-order valence-electron chi connectivity index (χ1n) is 16.8. The van der Waals surface area contributed by atoms with Gasteiger partial charge in [0.2, 0.25) is 0 Å². The quantitative estimate of drug-likeness (QED) is 0.155. The maximum atomic E-state index is 14.0. The molecule has 0 amide bonds. The fraction of sp³-hybridized carbons (Fsp3) is 0.971. The van der Waals surface area contributed by atoms with E-state index in [2.05, 4.69) is 13.8 Å². The normalized spacial score (nSPS) is 27.1. The highest BCUT2D eigenvalue weighted by Gasteiger charge is 2.57. The van der Waals surface area contributed by atoms with Crippen molar-refractivity contribution in [1.29, 1.82) is 0 Å². The van der Waals surface area contributed by atoms with Gasteiger partial charge in [0.05, 0.1) is 12.0 Å². The number of esters is 1. The van der Waals surface area contributed by atoms with Crippen LogP contribution in [-0.2, 0) is 9.53 Å². The van der Waals surface area contributed by atoms with Crippen molar-refractivity contribution in [2.75, 3.05) is 6.61 Å². The second kappa shape index (κ2) is 16.4. The van der Waals surface area contributed by atoms with E-state index in [0.29, 0.717) is 6.61 Å². The molecular weight excluding hydrogens is 440 g/mol. The van der Waals surface area contributed by atoms with Gasteiger partial charge in [-0.1, -0.05) is 129 Å². The molecule has 0 atom stereocenters. The van der Waals surface area contributed by atoms with E-state index in [4.69, 9.17) is 4.74 Å². The van der Waals surface area contributed by atoms with Crippen molar-refractivity contribution in [2.45, 2.75) is 181 Å². The molecule has 3 saturated carbocycles. The van der Waals surface area contributed by atoms with Crippen LogP contribution in [0.1, 0.15) is 181 Å². The summed E-state index contributed by atoms with van der Waals surface area (Å²) in [6.07, 6.45) is 34.2. The first kappa shape index (κ1) is 30.0. The summed E-state index contributed by atoms with van der Waals surface area (Å²) in [6.45, 7) is 5.25. The van der Waals surface area contributed by atoms with Gasteiger partial charge in [0.15, 0.2) is 0 Å². The lowest BCUT2D eigenvalue weighted by molar-refractivity contribution is -0.175. The SMILES string of the molecule is CCCCCCCCCOC(=O)C1(C2(CCCCCC)CCC(C3CCCCC3)CC2)CCCCC1. The lowest BCUT2D eigenvalue weighted by Gasteiger charge is -2.55. The highest BCUT2D eigenvalue weighted by molar-refractivity contribution is 5.78. The first-order valence-corrected chi connectivity index (χ1v) is 16.8. The topological polar surface area (TPSA) is 26.3 Å². The lowest BCUT2D eigenvalue weighted by Crippen LogP contribution is -2.52. The van der Waals surface area contributed by atoms with Gasteiger partial charge in [-0.05, 0) is 68.6 Å². The Morgan fingerprint density at radius 1 is 0.611 bits per heavy atom. The van der Waals surface area contributed by atoms with Gasteiger partial charge >= 0.3 is 5.97 Å². The summed E-state index contributed by atoms with van der Waals surface area (Å²) >= 11 is 0. The molecule has 3 fully saturated rings. The Labute approximate surface area is 225 Å². The molecule has 0 bridgehead atoms. The fourth-order valence-corrected chi connectivity index (χ4v) is 8.60. The molecule has 3 aliphatic carbocycles. The zero-order valence-corrected chi connectivity index (χ0v) is 24.6. The molecule has 0 aromatic heterocycles. The Morgan fingerprint density at radius 3 is 1.78 bits per heavy atom. The van der Waals surface area contributed by atoms with E-state index in [1.165, 1.54) is 148 Å². The second-order valence-electron chi connectivity index (χ2n) is 13.2. The molecule has 3 rings (SSSR count). The van der Waals surface area contributed by atoms with Crippen LogP contribution >= 0.6 is 0 Å². The molecule has 210 valence electrons. The van der Waals surface area contributed by atoms with Crippen LogP contribution in [-0.4, -0.2) is 12.6 Å². The minimum absolute atomic E-state index is 0.184. The number of carbonyl (C=O) groups excluding carboxylic acids is 1. The van der Waals surface area contributed by atoms with Crippen LogP contribution in [0.3, 0.4) is 0 Å². The average Bonchev–Trinajstić information content (AvgIpc) is 2.93. The van der Waals surface area contributed by atoms with Crippen LogP contribution < -0.4 is 0 Å². The van der Waals surface area contributed by atoms with E-state index >= 15 is 0 Å². The fourth-order valence-electron chi connectivity index (χ4n) is 8.60. The predicted molar refractivity (Wildman–Crippen MR) is 154 cm³/mol. The smallest absolute Gasteiger partial charge is 0.312 e. The molecule has 0 saturated heterocycles. The van der Waals surface area contributed by atoms with Gasteiger partial charge < -0.3 is 4.74 Å². The maximum absolute atomic E-state index is 14.0. The largest absolute Gasteiger partial charge is 0.465 e. The standard InChI is InChI=1S/C34H62O2/c1-3-5-7-9-10-11-19-29-36-32(35)34(25-17-13-18-26-34)33(24-16-8-6-4-2)27-22-31(23-28-33)30-20-14-12-15-21-30/h30-31H,3-29H2,1-2H3. The van der Waals surface area contributed by atoms with Crippen LogP contribution in [0.5, 0.6) is 0 Å². The molecule has 0 aromatic rings. The Balaban J connectivity index is 1.63. The molecule has 0 spiro atoms. The summed E-state index contributed by atoms with van der Waals surface area (Å²) in [7, 11) is 0. The van der Waals surface area contributed by atoms with Crippen LogP contribution in [0.25, 0.3) is 0 Å². The third-order valence-corrected chi connectivity index (χ3v) is 10.9. The highest BCUT2D eigenvalue weighted by atomic mass is 16.5. The van der Waals surface area contributed by atoms with Gasteiger partial charge in [0.1, 0.15) is 0 Å². The third-order valence-electron chi connectivity index (χ3n) is 10.9. The maximum Gasteiger partial charge on any atom is 0.312 e. The molecule has 0 N–H and O–H groups in total. The number of ether oxygens (including phenoxy) is 1. The molecule has 0 unspecified atom stereocenters. The molecule has 0 heterocycles. The summed E-state index contributed by atoms with van der Waals surface area (Å²) < 4.78 is 6.22. The molecule has 0 radical (unpaired) electrons. The molecule has 2 nitrogen and oxygen atoms in total. The monoisotopic (exact) mass is 502 g/mol. The number of hydrogen-bond acceptors (Lipinski definition) is 2. The summed E-state index contributed by atoms with van der Waals surface area (Å²) in [5, 5.41) is 0. The van der Waals surface area contributed by atoms with Gasteiger partial charge in [0.25, 0.3) is 0 Å². The minimum Gasteiger partial charge on any atom is -0.465 e. The van der Waals surface area contributed by atoms with Crippen molar-refractivity contribution in [1.82, 2.24) is 0 Å². The number of hydrogen-bond donors (Lipinski definition) is 0. The Bertz CT molecular complexity index is 576. The molecule has 0 aliphatic heterocycles. The molecule has 0 aromatic carbocycles. The molecule has 2 heteroatoms. The van der Waals surface area contributed by atoms with Gasteiger partial charge in [-0.15, -0.1) is 0 Å². The van der Waals surface area contributed by atoms with E-state index in [1.807, 2.05) is 0 Å². The second-order valence-corrected chi connectivity index (χ2v) is 13.2. The predicted octanol–water partition coefficient (Wildman–Crippen LogP) is 11.0. The van der Waals surface area contributed by atoms with Gasteiger partial charge in [-0.2, -0.15) is 0 Å². The summed E-state index contributed by atoms with van der Waals surface area (Å²) in [5.41, 5.74) is 0.0275. The molecule has 36 heavy (non-hydrogen) atoms. The highest BCUT2D eigenvalue weighted by Crippen LogP contribution is 2.61. The first-order chi connectivity index (χ1) is 17.7. The van der Waals surface area contributed by atoms with Crippen LogP contribution in [0, 0.1) is 22.7 Å². The summed E-state index contributed by atoms with van der Waals surface area (Å²) in [4.78, 5) is 14.0. The van der Waals surface area contributed by atoms with E-state index in [0.717, 1.165) is 31.1 Å². The molecular formula is C34H62O2. The van der Waals surface area contributed by atoms with Crippen molar-refractivity contribution >= 4 is 5.97 Å². The zero-order valence-electron chi connectivity index (χ0n) is 24.6. The number of rotatable bonds is 16. The number of carbonyl (C=O) groups is 1. The van der Waals surface area contributed by atoms with Gasteiger partial charge in [-0.25, -0.2) is 0 Å². The summed E-state index contributed by atoms with van der Waals surface area (Å²) in [6, 6.07) is 0.